The highest BCUT2D eigenvalue weighted by atomic mass is 32.2. The lowest BCUT2D eigenvalue weighted by Crippen LogP contribution is -2.52. The summed E-state index contributed by atoms with van der Waals surface area (Å²) in [5.41, 5.74) is 2.34. The number of hydrogen-bond donors (Lipinski definition) is 1. The molecule has 0 saturated heterocycles. The number of sulfonamides is 1. The number of carbonyl (C=O) groups excluding carboxylic acids is 2. The number of nitrogens with zero attached hydrogens (tertiary/aromatic N) is 2. The van der Waals surface area contributed by atoms with Crippen molar-refractivity contribution in [1.82, 2.24) is 10.2 Å². The molecule has 2 atom stereocenters. The monoisotopic (exact) mass is 459 g/mol. The Balaban J connectivity index is 2.34. The van der Waals surface area contributed by atoms with E-state index < -0.39 is 28.5 Å². The van der Waals surface area contributed by atoms with Gasteiger partial charge in [0.1, 0.15) is 12.6 Å². The van der Waals surface area contributed by atoms with Crippen LogP contribution in [0.1, 0.15) is 38.3 Å². The molecule has 1 N–H and O–H groups in total. The second-order valence-electron chi connectivity index (χ2n) is 8.11. The highest BCUT2D eigenvalue weighted by molar-refractivity contribution is 7.92. The number of amides is 2. The number of nitrogens with one attached hydrogen (secondary N) is 1. The van der Waals surface area contributed by atoms with Crippen LogP contribution in [0.3, 0.4) is 0 Å². The van der Waals surface area contributed by atoms with Gasteiger partial charge in [-0.05, 0) is 44.9 Å². The lowest BCUT2D eigenvalue weighted by Gasteiger charge is -2.32. The molecule has 0 radical (unpaired) electrons. The Morgan fingerprint density at radius 3 is 2.12 bits per heavy atom. The Labute approximate surface area is 191 Å². The van der Waals surface area contributed by atoms with Crippen molar-refractivity contribution in [3.63, 3.8) is 0 Å². The van der Waals surface area contributed by atoms with E-state index in [2.05, 4.69) is 5.32 Å². The van der Waals surface area contributed by atoms with Crippen LogP contribution >= 0.6 is 0 Å². The minimum absolute atomic E-state index is 0.0295. The van der Waals surface area contributed by atoms with E-state index in [9.17, 15) is 18.0 Å². The van der Waals surface area contributed by atoms with Gasteiger partial charge in [0.25, 0.3) is 0 Å². The fourth-order valence-electron chi connectivity index (χ4n) is 3.15. The zero-order valence-electron chi connectivity index (χ0n) is 19.4. The molecule has 7 nitrogen and oxygen atoms in total. The van der Waals surface area contributed by atoms with E-state index in [0.29, 0.717) is 5.69 Å². The van der Waals surface area contributed by atoms with E-state index in [1.165, 1.54) is 4.90 Å². The topological polar surface area (TPSA) is 86.8 Å². The summed E-state index contributed by atoms with van der Waals surface area (Å²) in [5, 5.41) is 2.91. The maximum atomic E-state index is 13.4. The summed E-state index contributed by atoms with van der Waals surface area (Å²) in [7, 11) is -3.71. The standard InChI is InChI=1S/C24H33N3O4S/c1-6-19(3)25-24(29)20(4)26(16-21-14-12-18(2)13-15-21)23(28)17-27(32(5,30)31)22-10-8-7-9-11-22/h7-15,19-20H,6,16-17H2,1-5H3,(H,25,29)/t19-,20-/m1/s1. The summed E-state index contributed by atoms with van der Waals surface area (Å²) in [6.45, 7) is 7.30. The Hall–Kier alpha value is -2.87. The van der Waals surface area contributed by atoms with Crippen molar-refractivity contribution >= 4 is 27.5 Å². The van der Waals surface area contributed by atoms with Crippen LogP contribution in [0, 0.1) is 6.92 Å². The third-order valence-corrected chi connectivity index (χ3v) is 6.51. The van der Waals surface area contributed by atoms with Crippen molar-refractivity contribution in [2.24, 2.45) is 0 Å². The SMILES string of the molecule is CC[C@@H](C)NC(=O)[C@@H](C)N(Cc1ccc(C)cc1)C(=O)CN(c1ccccc1)S(C)(=O)=O. The summed E-state index contributed by atoms with van der Waals surface area (Å²) in [4.78, 5) is 27.6. The molecule has 0 aromatic heterocycles. The minimum Gasteiger partial charge on any atom is -0.352 e. The molecular formula is C24H33N3O4S. The smallest absolute Gasteiger partial charge is 0.244 e. The van der Waals surface area contributed by atoms with Crippen LogP contribution < -0.4 is 9.62 Å². The molecule has 0 heterocycles. The van der Waals surface area contributed by atoms with Gasteiger partial charge in [-0.2, -0.15) is 0 Å². The summed E-state index contributed by atoms with van der Waals surface area (Å²) in [6, 6.07) is 15.4. The summed E-state index contributed by atoms with van der Waals surface area (Å²) in [6.07, 6.45) is 1.83. The van der Waals surface area contributed by atoms with Crippen molar-refractivity contribution in [1.29, 1.82) is 0 Å². The van der Waals surface area contributed by atoms with E-state index in [-0.39, 0.29) is 18.5 Å². The second kappa shape index (κ2) is 11.1. The van der Waals surface area contributed by atoms with Gasteiger partial charge in [-0.15, -0.1) is 0 Å². The molecule has 2 amide bonds. The number of carbonyl (C=O) groups is 2. The lowest BCUT2D eigenvalue weighted by molar-refractivity contribution is -0.139. The van der Waals surface area contributed by atoms with Gasteiger partial charge >= 0.3 is 0 Å². The largest absolute Gasteiger partial charge is 0.352 e. The molecule has 2 rings (SSSR count). The molecule has 0 saturated carbocycles. The van der Waals surface area contributed by atoms with E-state index in [4.69, 9.17) is 0 Å². The van der Waals surface area contributed by atoms with Gasteiger partial charge in [0.2, 0.25) is 21.8 Å². The van der Waals surface area contributed by atoms with E-state index in [1.54, 1.807) is 37.3 Å². The van der Waals surface area contributed by atoms with Crippen molar-refractivity contribution in [3.05, 3.63) is 65.7 Å². The lowest BCUT2D eigenvalue weighted by atomic mass is 10.1. The molecule has 0 spiro atoms. The van der Waals surface area contributed by atoms with Crippen LogP contribution in [0.25, 0.3) is 0 Å². The number of rotatable bonds is 10. The molecule has 0 aliphatic heterocycles. The van der Waals surface area contributed by atoms with Crippen LogP contribution in [0.4, 0.5) is 5.69 Å². The van der Waals surface area contributed by atoms with Gasteiger partial charge in [0, 0.05) is 12.6 Å². The molecule has 0 aliphatic carbocycles. The minimum atomic E-state index is -3.71. The predicted molar refractivity (Wildman–Crippen MR) is 128 cm³/mol. The van der Waals surface area contributed by atoms with Gasteiger partial charge < -0.3 is 10.2 Å². The molecule has 0 unspecified atom stereocenters. The number of anilines is 1. The first kappa shape index (κ1) is 25.4. The molecule has 32 heavy (non-hydrogen) atoms. The molecule has 0 aliphatic rings. The highest BCUT2D eigenvalue weighted by Gasteiger charge is 2.30. The number of para-hydroxylation sites is 1. The van der Waals surface area contributed by atoms with Crippen LogP contribution in [0.15, 0.2) is 54.6 Å². The van der Waals surface area contributed by atoms with Crippen LogP contribution in [-0.4, -0.2) is 50.0 Å². The zero-order chi connectivity index (χ0) is 23.9. The van der Waals surface area contributed by atoms with Crippen LogP contribution in [0.2, 0.25) is 0 Å². The van der Waals surface area contributed by atoms with Crippen molar-refractivity contribution in [3.8, 4) is 0 Å². The predicted octanol–water partition coefficient (Wildman–Crippen LogP) is 3.09. The maximum Gasteiger partial charge on any atom is 0.244 e. The molecule has 2 aromatic rings. The molecule has 8 heteroatoms. The van der Waals surface area contributed by atoms with Gasteiger partial charge in [-0.25, -0.2) is 8.42 Å². The highest BCUT2D eigenvalue weighted by Crippen LogP contribution is 2.18. The summed E-state index contributed by atoms with van der Waals surface area (Å²) >= 11 is 0. The third kappa shape index (κ3) is 7.09. The fourth-order valence-corrected chi connectivity index (χ4v) is 4.00. The normalized spacial score (nSPS) is 13.2. The third-order valence-electron chi connectivity index (χ3n) is 5.37. The van der Waals surface area contributed by atoms with E-state index in [0.717, 1.165) is 28.1 Å². The summed E-state index contributed by atoms with van der Waals surface area (Å²) < 4.78 is 26.0. The molecule has 174 valence electrons. The number of benzene rings is 2. The average molecular weight is 460 g/mol. The molecule has 0 bridgehead atoms. The van der Waals surface area contributed by atoms with Gasteiger partial charge in [-0.1, -0.05) is 55.0 Å². The quantitative estimate of drug-likeness (QED) is 0.592. The van der Waals surface area contributed by atoms with Crippen molar-refractivity contribution < 1.29 is 18.0 Å². The average Bonchev–Trinajstić information content (AvgIpc) is 2.76. The Bertz CT molecular complexity index is 1010. The van der Waals surface area contributed by atoms with Gasteiger partial charge in [0.05, 0.1) is 11.9 Å². The first-order valence-corrected chi connectivity index (χ1v) is 12.6. The Kier molecular flexibility index (Phi) is 8.83. The second-order valence-corrected chi connectivity index (χ2v) is 10.0. The van der Waals surface area contributed by atoms with Crippen molar-refractivity contribution in [2.45, 2.75) is 52.7 Å². The summed E-state index contributed by atoms with van der Waals surface area (Å²) in [5.74, 6) is -0.725. The molecule has 2 aromatic carbocycles. The van der Waals surface area contributed by atoms with Crippen LogP contribution in [-0.2, 0) is 26.2 Å². The zero-order valence-corrected chi connectivity index (χ0v) is 20.2. The fraction of sp³-hybridized carbons (Fsp3) is 0.417. The first-order valence-electron chi connectivity index (χ1n) is 10.7. The molecular weight excluding hydrogens is 426 g/mol. The molecule has 0 fully saturated rings. The van der Waals surface area contributed by atoms with E-state index in [1.807, 2.05) is 45.0 Å². The first-order chi connectivity index (χ1) is 15.0. The Morgan fingerprint density at radius 1 is 1.00 bits per heavy atom. The van der Waals surface area contributed by atoms with Gasteiger partial charge in [0.15, 0.2) is 0 Å². The Morgan fingerprint density at radius 2 is 1.59 bits per heavy atom. The van der Waals surface area contributed by atoms with Gasteiger partial charge in [-0.3, -0.25) is 13.9 Å². The van der Waals surface area contributed by atoms with Crippen molar-refractivity contribution in [2.75, 3.05) is 17.1 Å². The number of hydrogen-bond acceptors (Lipinski definition) is 4. The van der Waals surface area contributed by atoms with Crippen LogP contribution in [0.5, 0.6) is 0 Å². The number of aryl methyl sites for hydroxylation is 1. The maximum absolute atomic E-state index is 13.4. The van der Waals surface area contributed by atoms with E-state index >= 15 is 0 Å².